The number of unbranched alkanes of at least 4 members (excludes halogenated alkanes) is 22. The van der Waals surface area contributed by atoms with Crippen LogP contribution in [0, 0.1) is 0 Å². The fourth-order valence-corrected chi connectivity index (χ4v) is 10.4. The quantitative estimate of drug-likeness (QED) is 0.0264. The van der Waals surface area contributed by atoms with Crippen molar-refractivity contribution in [3.8, 4) is 0 Å². The lowest BCUT2D eigenvalue weighted by atomic mass is 10.0. The summed E-state index contributed by atoms with van der Waals surface area (Å²) in [6, 6.07) is 0. The van der Waals surface area contributed by atoms with E-state index in [2.05, 4.69) is 208 Å². The Morgan fingerprint density at radius 1 is 0.323 bits per heavy atom. The zero-order chi connectivity index (χ0) is 67.2. The van der Waals surface area contributed by atoms with E-state index < -0.39 is 32.5 Å². The molecule has 0 aromatic carbocycles. The average molecular weight is 1300 g/mol. The van der Waals surface area contributed by atoms with Gasteiger partial charge in [-0.1, -0.05) is 324 Å². The van der Waals surface area contributed by atoms with Crippen LogP contribution in [0.2, 0.25) is 0 Å². The van der Waals surface area contributed by atoms with Crippen molar-refractivity contribution < 1.29 is 37.6 Å². The highest BCUT2D eigenvalue weighted by Gasteiger charge is 2.26. The molecule has 0 fully saturated rings. The number of esters is 2. The number of nitrogens with two attached hydrogens (primary N) is 1. The minimum atomic E-state index is -4.41. The van der Waals surface area contributed by atoms with Crippen LogP contribution in [0.1, 0.15) is 284 Å². The Labute approximate surface area is 570 Å². The van der Waals surface area contributed by atoms with Crippen molar-refractivity contribution in [2.45, 2.75) is 290 Å². The Hall–Kier alpha value is -5.15. The summed E-state index contributed by atoms with van der Waals surface area (Å²) in [6.45, 7) is 3.50. The lowest BCUT2D eigenvalue weighted by Gasteiger charge is -2.19. The van der Waals surface area contributed by atoms with Crippen molar-refractivity contribution in [1.29, 1.82) is 0 Å². The van der Waals surface area contributed by atoms with E-state index in [4.69, 9.17) is 24.3 Å². The van der Waals surface area contributed by atoms with Crippen LogP contribution >= 0.6 is 7.82 Å². The average Bonchev–Trinajstić information content (AvgIpc) is 3.04. The van der Waals surface area contributed by atoms with E-state index in [1.165, 1.54) is 89.9 Å². The normalized spacial score (nSPS) is 14.1. The van der Waals surface area contributed by atoms with Gasteiger partial charge in [-0.05, 0) is 141 Å². The maximum Gasteiger partial charge on any atom is 0.472 e. The van der Waals surface area contributed by atoms with Crippen LogP contribution in [0.15, 0.2) is 194 Å². The van der Waals surface area contributed by atoms with Gasteiger partial charge in [0.2, 0.25) is 0 Å². The number of carbonyl (C=O) groups excluding carboxylic acids is 2. The third-order valence-electron chi connectivity index (χ3n) is 15.0. The first-order chi connectivity index (χ1) is 45.8. The summed E-state index contributed by atoms with van der Waals surface area (Å²) in [7, 11) is -4.41. The summed E-state index contributed by atoms with van der Waals surface area (Å²) in [5, 5.41) is 0. The summed E-state index contributed by atoms with van der Waals surface area (Å²) in [5.74, 6) is -0.843. The van der Waals surface area contributed by atoms with Crippen molar-refractivity contribution in [2.24, 2.45) is 5.73 Å². The van der Waals surface area contributed by atoms with Crippen LogP contribution in [-0.2, 0) is 32.7 Å². The van der Waals surface area contributed by atoms with Crippen molar-refractivity contribution >= 4 is 19.8 Å². The smallest absolute Gasteiger partial charge is 0.462 e. The predicted octanol–water partition coefficient (Wildman–Crippen LogP) is 24.9. The molecule has 0 heterocycles. The zero-order valence-corrected chi connectivity index (χ0v) is 59.8. The Balaban J connectivity index is 3.95. The number of hydrogen-bond acceptors (Lipinski definition) is 8. The Morgan fingerprint density at radius 3 is 0.828 bits per heavy atom. The molecule has 0 spiro atoms. The molecule has 10 heteroatoms. The molecule has 0 aliphatic rings. The van der Waals surface area contributed by atoms with Crippen LogP contribution in [0.4, 0.5) is 0 Å². The molecule has 9 nitrogen and oxygen atoms in total. The molecule has 0 aliphatic carbocycles. The maximum absolute atomic E-state index is 12.8. The lowest BCUT2D eigenvalue weighted by molar-refractivity contribution is -0.161. The minimum Gasteiger partial charge on any atom is -0.462 e. The van der Waals surface area contributed by atoms with Gasteiger partial charge in [-0.25, -0.2) is 4.57 Å². The Kier molecular flexibility index (Phi) is 71.7. The predicted molar refractivity (Wildman–Crippen MR) is 403 cm³/mol. The molecule has 0 aliphatic heterocycles. The fraction of sp³-hybridized carbons (Fsp3) is 0.590. The monoisotopic (exact) mass is 1300 g/mol. The van der Waals surface area contributed by atoms with Crippen LogP contribution < -0.4 is 5.73 Å². The van der Waals surface area contributed by atoms with Gasteiger partial charge in [0.15, 0.2) is 6.10 Å². The van der Waals surface area contributed by atoms with E-state index in [0.717, 1.165) is 161 Å². The van der Waals surface area contributed by atoms with Crippen LogP contribution in [0.25, 0.3) is 0 Å². The molecule has 0 bridgehead atoms. The molecule has 524 valence electrons. The largest absolute Gasteiger partial charge is 0.472 e. The maximum atomic E-state index is 12.8. The second kappa shape index (κ2) is 75.9. The van der Waals surface area contributed by atoms with Gasteiger partial charge in [0.05, 0.1) is 13.2 Å². The molecule has 0 amide bonds. The van der Waals surface area contributed by atoms with Crippen molar-refractivity contribution in [3.63, 3.8) is 0 Å². The number of allylic oxidation sites excluding steroid dienone is 32. The zero-order valence-electron chi connectivity index (χ0n) is 58.9. The van der Waals surface area contributed by atoms with Crippen molar-refractivity contribution in [1.82, 2.24) is 0 Å². The van der Waals surface area contributed by atoms with Gasteiger partial charge < -0.3 is 20.1 Å². The molecular formula is C83H134NO8P. The van der Waals surface area contributed by atoms with E-state index in [1.807, 2.05) is 0 Å². The highest BCUT2D eigenvalue weighted by molar-refractivity contribution is 7.47. The molecule has 0 saturated carbocycles. The van der Waals surface area contributed by atoms with Gasteiger partial charge in [0, 0.05) is 19.4 Å². The van der Waals surface area contributed by atoms with Crippen molar-refractivity contribution in [3.05, 3.63) is 194 Å². The van der Waals surface area contributed by atoms with E-state index in [9.17, 15) is 19.0 Å². The molecule has 0 aromatic rings. The third-order valence-corrected chi connectivity index (χ3v) is 16.0. The summed E-state index contributed by atoms with van der Waals surface area (Å²) in [5.41, 5.74) is 5.41. The first-order valence-corrected chi connectivity index (χ1v) is 38.4. The number of ether oxygens (including phenoxy) is 2. The number of carbonyl (C=O) groups is 2. The first-order valence-electron chi connectivity index (χ1n) is 36.9. The lowest BCUT2D eigenvalue weighted by Crippen LogP contribution is -2.29. The van der Waals surface area contributed by atoms with E-state index >= 15 is 0 Å². The Morgan fingerprint density at radius 2 is 0.559 bits per heavy atom. The number of phosphoric ester groups is 1. The van der Waals surface area contributed by atoms with Gasteiger partial charge in [-0.3, -0.25) is 18.6 Å². The molecule has 93 heavy (non-hydrogen) atoms. The van der Waals surface area contributed by atoms with Crippen LogP contribution in [-0.4, -0.2) is 49.3 Å². The summed E-state index contributed by atoms with van der Waals surface area (Å²) < 4.78 is 33.2. The molecule has 0 radical (unpaired) electrons. The van der Waals surface area contributed by atoms with Gasteiger partial charge in [0.1, 0.15) is 6.61 Å². The number of hydrogen-bond donors (Lipinski definition) is 2. The van der Waals surface area contributed by atoms with Gasteiger partial charge >= 0.3 is 19.8 Å². The molecule has 0 rings (SSSR count). The number of phosphoric acid groups is 1. The molecule has 0 aromatic heterocycles. The van der Waals surface area contributed by atoms with Crippen molar-refractivity contribution in [2.75, 3.05) is 26.4 Å². The SMILES string of the molecule is CC/C=C\C/C=C\C/C=C\C/C=C\C/C=C\C/C=C\C/C=C\C/C=C\CCCCCCCCCCCCCCC(=O)OC(COC(=O)CCCCCCCCCCCC/C=C\C/C=C\C/C=C\C/C=C\C/C=C\C/C=C\C/C=C\C/C=C\CC)COP(=O)(O)OCCN. The second-order valence-corrected chi connectivity index (χ2v) is 25.1. The van der Waals surface area contributed by atoms with Gasteiger partial charge in [-0.2, -0.15) is 0 Å². The van der Waals surface area contributed by atoms with E-state index in [1.54, 1.807) is 0 Å². The molecular weight excluding hydrogens is 1170 g/mol. The molecule has 2 atom stereocenters. The highest BCUT2D eigenvalue weighted by atomic mass is 31.2. The van der Waals surface area contributed by atoms with Crippen LogP contribution in [0.3, 0.4) is 0 Å². The van der Waals surface area contributed by atoms with E-state index in [-0.39, 0.29) is 32.6 Å². The summed E-state index contributed by atoms with van der Waals surface area (Å²) in [6.07, 6.45) is 115. The molecule has 3 N–H and O–H groups in total. The van der Waals surface area contributed by atoms with Gasteiger partial charge in [-0.15, -0.1) is 0 Å². The summed E-state index contributed by atoms with van der Waals surface area (Å²) in [4.78, 5) is 35.4. The fourth-order valence-electron chi connectivity index (χ4n) is 9.61. The topological polar surface area (TPSA) is 134 Å². The standard InChI is InChI=1S/C83H134NO8P/c1-3-5-7-9-11-13-15-17-19-21-23-25-27-29-31-33-35-37-39-40-42-44-46-48-50-52-54-56-58-60-62-64-66-68-70-72-74-76-83(86)92-81(80-91-93(87,88)90-78-77-84)79-89-82(85)75-73-71-69-67-65-63-61-59-57-55-53-51-49-47-45-43-41-38-36-34-32-30-28-26-24-22-20-18-16-14-12-10-8-6-4-2/h5-8,11-14,17-20,23-26,29-32,35-38,40,42-43,45-46,48-49,51,81H,3-4,9-10,15-16,21-22,27-28,33-34,39,41,44,47,50,52-80,84H2,1-2H3,(H,87,88)/b7-5-,8-6-,13-11-,14-12-,19-17-,20-18-,25-23-,26-24-,31-29-,32-30-,37-35-,38-36-,42-40-,45-43-,48-46-,51-49-. The van der Waals surface area contributed by atoms with E-state index in [0.29, 0.717) is 6.42 Å². The molecule has 0 saturated heterocycles. The Bertz CT molecular complexity index is 2230. The van der Waals surface area contributed by atoms with Gasteiger partial charge in [0.25, 0.3) is 0 Å². The second-order valence-electron chi connectivity index (χ2n) is 23.7. The third kappa shape index (κ3) is 75.8. The summed E-state index contributed by atoms with van der Waals surface area (Å²) >= 11 is 0. The molecule has 2 unspecified atom stereocenters. The number of rotatable bonds is 67. The minimum absolute atomic E-state index is 0.0437. The highest BCUT2D eigenvalue weighted by Crippen LogP contribution is 2.43. The first kappa shape index (κ1) is 87.9. The van der Waals surface area contributed by atoms with Crippen LogP contribution in [0.5, 0.6) is 0 Å².